The number of hydrogen-bond acceptors (Lipinski definition) is 5. The summed E-state index contributed by atoms with van der Waals surface area (Å²) in [5.74, 6) is 1.00. The summed E-state index contributed by atoms with van der Waals surface area (Å²) in [4.78, 5) is 15.5. The van der Waals surface area contributed by atoms with E-state index in [-0.39, 0.29) is 24.7 Å². The maximum Gasteiger partial charge on any atom is 0.248 e. The number of fused-ring (bicyclic) bond motifs is 1. The number of nitrogens with zero attached hydrogens (tertiary/aromatic N) is 2. The van der Waals surface area contributed by atoms with Crippen LogP contribution in [0.15, 0.2) is 22.8 Å². The Morgan fingerprint density at radius 2 is 2.26 bits per heavy atom. The van der Waals surface area contributed by atoms with Gasteiger partial charge in [-0.2, -0.15) is 0 Å². The molecule has 0 N–H and O–H groups in total. The lowest BCUT2D eigenvalue weighted by molar-refractivity contribution is -0.138. The molecule has 0 spiro atoms. The third kappa shape index (κ3) is 4.13. The molecule has 6 nitrogen and oxygen atoms in total. The van der Waals surface area contributed by atoms with Crippen molar-refractivity contribution in [3.05, 3.63) is 24.2 Å². The van der Waals surface area contributed by atoms with Gasteiger partial charge in [-0.15, -0.1) is 0 Å². The van der Waals surface area contributed by atoms with E-state index in [1.54, 1.807) is 25.3 Å². The Labute approximate surface area is 137 Å². The predicted octanol–water partition coefficient (Wildman–Crippen LogP) is 1.51. The van der Waals surface area contributed by atoms with Crippen molar-refractivity contribution in [2.45, 2.75) is 44.1 Å². The zero-order valence-electron chi connectivity index (χ0n) is 13.9. The van der Waals surface area contributed by atoms with E-state index < -0.39 is 0 Å². The summed E-state index contributed by atoms with van der Waals surface area (Å²) in [6, 6.07) is 4.43. The lowest BCUT2D eigenvalue weighted by Crippen LogP contribution is -2.43. The normalized spacial score (nSPS) is 27.8. The molecule has 128 valence electrons. The summed E-state index contributed by atoms with van der Waals surface area (Å²) in [6.45, 7) is 2.53. The zero-order chi connectivity index (χ0) is 16.2. The van der Waals surface area contributed by atoms with E-state index in [9.17, 15) is 4.79 Å². The second kappa shape index (κ2) is 7.47. The van der Waals surface area contributed by atoms with Crippen LogP contribution in [0.25, 0.3) is 0 Å². The second-order valence-electron chi connectivity index (χ2n) is 6.58. The molecule has 6 heteroatoms. The largest absolute Gasteiger partial charge is 0.468 e. The topological polar surface area (TPSA) is 55.2 Å². The van der Waals surface area contributed by atoms with Crippen LogP contribution in [-0.4, -0.2) is 67.8 Å². The number of furan rings is 1. The lowest BCUT2D eigenvalue weighted by atomic mass is 9.99. The van der Waals surface area contributed by atoms with Gasteiger partial charge in [0, 0.05) is 26.7 Å². The molecule has 2 aliphatic rings. The molecule has 3 atom stereocenters. The van der Waals surface area contributed by atoms with Crippen molar-refractivity contribution in [1.29, 1.82) is 0 Å². The number of likely N-dealkylation sites (tertiary alicyclic amines) is 1. The van der Waals surface area contributed by atoms with E-state index >= 15 is 0 Å². The van der Waals surface area contributed by atoms with E-state index in [4.69, 9.17) is 13.9 Å². The molecule has 1 aromatic rings. The average molecular weight is 322 g/mol. The highest BCUT2D eigenvalue weighted by Crippen LogP contribution is 2.32. The van der Waals surface area contributed by atoms with Gasteiger partial charge in [0.2, 0.25) is 5.91 Å². The fourth-order valence-corrected chi connectivity index (χ4v) is 3.41. The van der Waals surface area contributed by atoms with Crippen molar-refractivity contribution in [2.75, 3.05) is 33.9 Å². The Kier molecular flexibility index (Phi) is 5.35. The molecule has 1 aromatic heterocycles. The molecule has 1 amide bonds. The maximum atomic E-state index is 11.5. The minimum absolute atomic E-state index is 0.0100. The van der Waals surface area contributed by atoms with E-state index in [1.165, 1.54) is 0 Å². The molecule has 3 heterocycles. The van der Waals surface area contributed by atoms with Gasteiger partial charge in [0.25, 0.3) is 0 Å². The van der Waals surface area contributed by atoms with E-state index in [2.05, 4.69) is 4.90 Å². The summed E-state index contributed by atoms with van der Waals surface area (Å²) in [5, 5.41) is 0. The molecule has 0 aromatic carbocycles. The highest BCUT2D eigenvalue weighted by molar-refractivity contribution is 5.76. The lowest BCUT2D eigenvalue weighted by Gasteiger charge is -2.35. The van der Waals surface area contributed by atoms with Crippen molar-refractivity contribution in [3.63, 3.8) is 0 Å². The van der Waals surface area contributed by atoms with Crippen LogP contribution in [0.5, 0.6) is 0 Å². The van der Waals surface area contributed by atoms with Crippen molar-refractivity contribution in [1.82, 2.24) is 9.80 Å². The van der Waals surface area contributed by atoms with Gasteiger partial charge >= 0.3 is 0 Å². The third-order valence-corrected chi connectivity index (χ3v) is 4.72. The summed E-state index contributed by atoms with van der Waals surface area (Å²) in [7, 11) is 3.47. The van der Waals surface area contributed by atoms with E-state index in [1.807, 2.05) is 12.1 Å². The highest BCUT2D eigenvalue weighted by atomic mass is 16.5. The van der Waals surface area contributed by atoms with Gasteiger partial charge in [0.15, 0.2) is 0 Å². The first-order chi connectivity index (χ1) is 11.1. The second-order valence-corrected chi connectivity index (χ2v) is 6.58. The molecule has 23 heavy (non-hydrogen) atoms. The van der Waals surface area contributed by atoms with Crippen LogP contribution in [0.3, 0.4) is 0 Å². The molecular weight excluding hydrogens is 296 g/mol. The van der Waals surface area contributed by atoms with Crippen LogP contribution in [0, 0.1) is 0 Å². The molecule has 0 bridgehead atoms. The van der Waals surface area contributed by atoms with Crippen molar-refractivity contribution >= 4 is 5.91 Å². The molecule has 2 saturated heterocycles. The van der Waals surface area contributed by atoms with Crippen LogP contribution in [0.2, 0.25) is 0 Å². The van der Waals surface area contributed by atoms with E-state index in [0.717, 1.165) is 38.1 Å². The predicted molar refractivity (Wildman–Crippen MR) is 84.9 cm³/mol. The summed E-state index contributed by atoms with van der Waals surface area (Å²) in [6.07, 6.45) is 5.25. The number of hydrogen-bond donors (Lipinski definition) is 0. The van der Waals surface area contributed by atoms with Gasteiger partial charge in [-0.3, -0.25) is 9.69 Å². The van der Waals surface area contributed by atoms with Gasteiger partial charge in [0.05, 0.1) is 31.6 Å². The van der Waals surface area contributed by atoms with Crippen LogP contribution in [-0.2, 0) is 20.8 Å². The Morgan fingerprint density at radius 3 is 3.00 bits per heavy atom. The van der Waals surface area contributed by atoms with Crippen molar-refractivity contribution < 1.29 is 18.7 Å². The van der Waals surface area contributed by atoms with Crippen LogP contribution < -0.4 is 0 Å². The molecule has 2 fully saturated rings. The summed E-state index contributed by atoms with van der Waals surface area (Å²) < 4.78 is 17.1. The quantitative estimate of drug-likeness (QED) is 0.794. The standard InChI is InChI=1S/C17H26N2O4/c1-18(2)17(20)12-21-11-14-5-6-15-16(23-14)7-8-19(15)10-13-4-3-9-22-13/h3-4,9,14-16H,5-8,10-12H2,1-2H3/t14-,15-,16-/m1/s1. The fraction of sp³-hybridized carbons (Fsp3) is 0.706. The maximum absolute atomic E-state index is 11.5. The van der Waals surface area contributed by atoms with Gasteiger partial charge < -0.3 is 18.8 Å². The number of rotatable bonds is 6. The minimum atomic E-state index is -0.0100. The van der Waals surface area contributed by atoms with E-state index in [0.29, 0.717) is 12.6 Å². The Balaban J connectivity index is 1.42. The van der Waals surface area contributed by atoms with Gasteiger partial charge in [-0.25, -0.2) is 0 Å². The molecule has 0 unspecified atom stereocenters. The Morgan fingerprint density at radius 1 is 1.39 bits per heavy atom. The SMILES string of the molecule is CN(C)C(=O)COC[C@H]1CC[C@@H]2[C@@H](CCN2Cc2ccco2)O1. The number of carbonyl (C=O) groups excluding carboxylic acids is 1. The van der Waals surface area contributed by atoms with Crippen LogP contribution in [0.4, 0.5) is 0 Å². The number of amides is 1. The monoisotopic (exact) mass is 322 g/mol. The fourth-order valence-electron chi connectivity index (χ4n) is 3.41. The number of likely N-dealkylation sites (N-methyl/N-ethyl adjacent to an activating group) is 1. The molecule has 0 radical (unpaired) electrons. The molecule has 0 saturated carbocycles. The molecule has 0 aliphatic carbocycles. The first-order valence-corrected chi connectivity index (χ1v) is 8.33. The number of ether oxygens (including phenoxy) is 2. The first kappa shape index (κ1) is 16.5. The minimum Gasteiger partial charge on any atom is -0.468 e. The number of carbonyl (C=O) groups is 1. The van der Waals surface area contributed by atoms with Crippen LogP contribution in [0.1, 0.15) is 25.0 Å². The Hall–Kier alpha value is -1.37. The van der Waals surface area contributed by atoms with Crippen molar-refractivity contribution in [3.8, 4) is 0 Å². The van der Waals surface area contributed by atoms with Crippen molar-refractivity contribution in [2.24, 2.45) is 0 Å². The molecule has 2 aliphatic heterocycles. The first-order valence-electron chi connectivity index (χ1n) is 8.33. The van der Waals surface area contributed by atoms with Gasteiger partial charge in [-0.1, -0.05) is 0 Å². The van der Waals surface area contributed by atoms with Gasteiger partial charge in [-0.05, 0) is 31.4 Å². The summed E-state index contributed by atoms with van der Waals surface area (Å²) in [5.41, 5.74) is 0. The Bertz CT molecular complexity index is 503. The zero-order valence-corrected chi connectivity index (χ0v) is 13.9. The average Bonchev–Trinajstić information content (AvgIpc) is 3.17. The third-order valence-electron chi connectivity index (χ3n) is 4.72. The smallest absolute Gasteiger partial charge is 0.248 e. The molecule has 3 rings (SSSR count). The highest BCUT2D eigenvalue weighted by Gasteiger charge is 2.39. The van der Waals surface area contributed by atoms with Gasteiger partial charge in [0.1, 0.15) is 12.4 Å². The summed E-state index contributed by atoms with van der Waals surface area (Å²) >= 11 is 0. The van der Waals surface area contributed by atoms with Crippen LogP contribution >= 0.6 is 0 Å². The molecular formula is C17H26N2O4.